The molecule has 5 nitrogen and oxygen atoms in total. The molecule has 0 radical (unpaired) electrons. The van der Waals surface area contributed by atoms with Crippen LogP contribution in [0.25, 0.3) is 0 Å². The summed E-state index contributed by atoms with van der Waals surface area (Å²) < 4.78 is 18.0. The highest BCUT2D eigenvalue weighted by Crippen LogP contribution is 2.23. The van der Waals surface area contributed by atoms with E-state index in [0.717, 1.165) is 30.9 Å². The highest BCUT2D eigenvalue weighted by Gasteiger charge is 2.23. The largest absolute Gasteiger partial charge is 0.371 e. The number of nitrogens with zero attached hydrogens (tertiary/aromatic N) is 2. The lowest BCUT2D eigenvalue weighted by Crippen LogP contribution is -2.31. The summed E-state index contributed by atoms with van der Waals surface area (Å²) in [5, 5.41) is 6.72. The molecule has 1 aromatic heterocycles. The lowest BCUT2D eigenvalue weighted by Gasteiger charge is -2.18. The number of anilines is 1. The van der Waals surface area contributed by atoms with Gasteiger partial charge in [0.25, 0.3) is 0 Å². The second-order valence-corrected chi connectivity index (χ2v) is 5.99. The quantitative estimate of drug-likeness (QED) is 0.919. The molecule has 0 aliphatic carbocycles. The van der Waals surface area contributed by atoms with Crippen LogP contribution in [0.2, 0.25) is 0 Å². The third-order valence-corrected chi connectivity index (χ3v) is 4.08. The molecule has 1 amide bonds. The van der Waals surface area contributed by atoms with Crippen LogP contribution in [0.3, 0.4) is 0 Å². The van der Waals surface area contributed by atoms with Gasteiger partial charge in [-0.1, -0.05) is 5.16 Å². The van der Waals surface area contributed by atoms with Gasteiger partial charge in [0.15, 0.2) is 0 Å². The van der Waals surface area contributed by atoms with Crippen molar-refractivity contribution in [2.75, 3.05) is 24.5 Å². The van der Waals surface area contributed by atoms with Gasteiger partial charge in [-0.15, -0.1) is 0 Å². The van der Waals surface area contributed by atoms with Gasteiger partial charge in [-0.05, 0) is 43.5 Å². The van der Waals surface area contributed by atoms with Crippen molar-refractivity contribution in [1.29, 1.82) is 0 Å². The first-order chi connectivity index (χ1) is 11.1. The zero-order chi connectivity index (χ0) is 16.2. The number of carbonyl (C=O) groups is 1. The number of carbonyl (C=O) groups excluding carboxylic acids is 1. The summed E-state index contributed by atoms with van der Waals surface area (Å²) in [6.07, 6.45) is 1.23. The number of aryl methyl sites for hydroxylation is 1. The molecule has 23 heavy (non-hydrogen) atoms. The molecule has 2 heterocycles. The number of nitrogens with one attached hydrogen (secondary N) is 1. The predicted octanol–water partition coefficient (Wildman–Crippen LogP) is 2.31. The molecular weight excluding hydrogens is 297 g/mol. The van der Waals surface area contributed by atoms with E-state index in [1.807, 2.05) is 6.92 Å². The normalized spacial score (nSPS) is 17.5. The molecule has 2 aromatic rings. The van der Waals surface area contributed by atoms with Gasteiger partial charge in [-0.25, -0.2) is 4.39 Å². The first kappa shape index (κ1) is 15.5. The Hall–Kier alpha value is -2.37. The summed E-state index contributed by atoms with van der Waals surface area (Å²) in [5.41, 5.74) is 1.80. The maximum Gasteiger partial charge on any atom is 0.227 e. The standard InChI is InChI=1S/C17H20FN3O2/c1-12-8-16(23-20-12)9-17(22)19-10-13-6-7-21(11-13)15-4-2-14(18)3-5-15/h2-5,8,13H,6-7,9-11H2,1H3,(H,19,22)/t13-/m1/s1. The van der Waals surface area contributed by atoms with Gasteiger partial charge in [0, 0.05) is 31.4 Å². The van der Waals surface area contributed by atoms with Crippen molar-refractivity contribution in [3.8, 4) is 0 Å². The lowest BCUT2D eigenvalue weighted by atomic mass is 10.1. The topological polar surface area (TPSA) is 58.4 Å². The van der Waals surface area contributed by atoms with E-state index in [0.29, 0.717) is 18.2 Å². The average molecular weight is 317 g/mol. The second kappa shape index (κ2) is 6.81. The average Bonchev–Trinajstić information content (AvgIpc) is 3.15. The molecule has 0 unspecified atom stereocenters. The van der Waals surface area contributed by atoms with E-state index in [9.17, 15) is 9.18 Å². The van der Waals surface area contributed by atoms with Crippen molar-refractivity contribution >= 4 is 11.6 Å². The zero-order valence-electron chi connectivity index (χ0n) is 13.1. The third kappa shape index (κ3) is 4.09. The first-order valence-corrected chi connectivity index (χ1v) is 7.79. The van der Waals surface area contributed by atoms with Crippen LogP contribution in [0.5, 0.6) is 0 Å². The fourth-order valence-corrected chi connectivity index (χ4v) is 2.86. The summed E-state index contributed by atoms with van der Waals surface area (Å²) in [6, 6.07) is 8.31. The molecule has 0 saturated carbocycles. The van der Waals surface area contributed by atoms with Crippen LogP contribution >= 0.6 is 0 Å². The smallest absolute Gasteiger partial charge is 0.227 e. The molecule has 3 rings (SSSR count). The van der Waals surface area contributed by atoms with Crippen molar-refractivity contribution in [3.05, 3.63) is 47.6 Å². The molecule has 1 saturated heterocycles. The number of hydrogen-bond acceptors (Lipinski definition) is 4. The van der Waals surface area contributed by atoms with E-state index in [-0.39, 0.29) is 18.1 Å². The van der Waals surface area contributed by atoms with Crippen LogP contribution in [0.1, 0.15) is 17.9 Å². The van der Waals surface area contributed by atoms with Crippen LogP contribution in [0.4, 0.5) is 10.1 Å². The Balaban J connectivity index is 1.44. The van der Waals surface area contributed by atoms with E-state index in [2.05, 4.69) is 15.4 Å². The summed E-state index contributed by atoms with van der Waals surface area (Å²) >= 11 is 0. The van der Waals surface area contributed by atoms with Crippen LogP contribution in [-0.4, -0.2) is 30.7 Å². The van der Waals surface area contributed by atoms with Gasteiger partial charge in [-0.2, -0.15) is 0 Å². The highest BCUT2D eigenvalue weighted by atomic mass is 19.1. The molecule has 1 aliphatic rings. The monoisotopic (exact) mass is 317 g/mol. The van der Waals surface area contributed by atoms with Crippen molar-refractivity contribution in [1.82, 2.24) is 10.5 Å². The Kier molecular flexibility index (Phi) is 4.60. The van der Waals surface area contributed by atoms with Gasteiger partial charge >= 0.3 is 0 Å². The first-order valence-electron chi connectivity index (χ1n) is 7.79. The van der Waals surface area contributed by atoms with Gasteiger partial charge in [0.05, 0.1) is 12.1 Å². The molecule has 1 atom stereocenters. The summed E-state index contributed by atoms with van der Waals surface area (Å²) in [7, 11) is 0. The van der Waals surface area contributed by atoms with Crippen molar-refractivity contribution < 1.29 is 13.7 Å². The van der Waals surface area contributed by atoms with E-state index in [1.165, 1.54) is 12.1 Å². The Bertz CT molecular complexity index is 669. The number of hydrogen-bond donors (Lipinski definition) is 1. The van der Waals surface area contributed by atoms with Crippen molar-refractivity contribution in [2.24, 2.45) is 5.92 Å². The van der Waals surface area contributed by atoms with Crippen molar-refractivity contribution in [2.45, 2.75) is 19.8 Å². The van der Waals surface area contributed by atoms with E-state index in [1.54, 1.807) is 18.2 Å². The second-order valence-electron chi connectivity index (χ2n) is 5.99. The van der Waals surface area contributed by atoms with E-state index >= 15 is 0 Å². The maximum absolute atomic E-state index is 13.0. The van der Waals surface area contributed by atoms with Crippen LogP contribution in [-0.2, 0) is 11.2 Å². The van der Waals surface area contributed by atoms with Gasteiger partial charge in [-0.3, -0.25) is 4.79 Å². The van der Waals surface area contributed by atoms with Crippen molar-refractivity contribution in [3.63, 3.8) is 0 Å². The summed E-state index contributed by atoms with van der Waals surface area (Å²) in [4.78, 5) is 14.1. The predicted molar refractivity (Wildman–Crippen MR) is 84.7 cm³/mol. The molecule has 1 fully saturated rings. The van der Waals surface area contributed by atoms with Gasteiger partial charge in [0.2, 0.25) is 5.91 Å². The Labute approximate surface area is 134 Å². The van der Waals surface area contributed by atoms with E-state index in [4.69, 9.17) is 4.52 Å². The minimum atomic E-state index is -0.223. The number of rotatable bonds is 5. The minimum Gasteiger partial charge on any atom is -0.371 e. The van der Waals surface area contributed by atoms with Gasteiger partial charge in [0.1, 0.15) is 11.6 Å². The molecule has 122 valence electrons. The number of aromatic nitrogens is 1. The van der Waals surface area contributed by atoms with Crippen LogP contribution < -0.4 is 10.2 Å². The van der Waals surface area contributed by atoms with Crippen LogP contribution in [0.15, 0.2) is 34.9 Å². The zero-order valence-corrected chi connectivity index (χ0v) is 13.1. The minimum absolute atomic E-state index is 0.0543. The Morgan fingerprint density at radius 2 is 2.22 bits per heavy atom. The number of benzene rings is 1. The molecule has 0 bridgehead atoms. The number of halogens is 1. The summed E-state index contributed by atoms with van der Waals surface area (Å²) in [6.45, 7) is 4.26. The van der Waals surface area contributed by atoms with Gasteiger partial charge < -0.3 is 14.7 Å². The molecule has 1 N–H and O–H groups in total. The fraction of sp³-hybridized carbons (Fsp3) is 0.412. The third-order valence-electron chi connectivity index (χ3n) is 4.08. The lowest BCUT2D eigenvalue weighted by molar-refractivity contribution is -0.120. The fourth-order valence-electron chi connectivity index (χ4n) is 2.86. The Morgan fingerprint density at radius 3 is 2.91 bits per heavy atom. The molecule has 1 aromatic carbocycles. The maximum atomic E-state index is 13.0. The van der Waals surface area contributed by atoms with Crippen LogP contribution in [0, 0.1) is 18.7 Å². The summed E-state index contributed by atoms with van der Waals surface area (Å²) in [5.74, 6) is 0.709. The van der Waals surface area contributed by atoms with E-state index < -0.39 is 0 Å². The highest BCUT2D eigenvalue weighted by molar-refractivity contribution is 5.77. The molecule has 6 heteroatoms. The Morgan fingerprint density at radius 1 is 1.43 bits per heavy atom. The molecule has 1 aliphatic heterocycles. The molecular formula is C17H20FN3O2. The molecule has 0 spiro atoms. The SMILES string of the molecule is Cc1cc(CC(=O)NC[C@H]2CCN(c3ccc(F)cc3)C2)on1. The number of amides is 1.